The highest BCUT2D eigenvalue weighted by molar-refractivity contribution is 5.96. The number of aliphatic hydroxyl groups is 3. The van der Waals surface area contributed by atoms with Gasteiger partial charge in [0.05, 0.1) is 29.0 Å². The summed E-state index contributed by atoms with van der Waals surface area (Å²) in [5.74, 6) is -7.34. The number of ether oxygens (including phenoxy) is 4. The van der Waals surface area contributed by atoms with Crippen LogP contribution in [-0.2, 0) is 38.1 Å². The Kier molecular flexibility index (Phi) is 13.2. The fraction of sp³-hybridized carbons (Fsp3) is 0.469. The Morgan fingerprint density at radius 1 is 0.825 bits per heavy atom. The van der Waals surface area contributed by atoms with Crippen molar-refractivity contribution < 1.29 is 63.0 Å². The SMILES string of the molecule is CC[C@]1(OC(C)=O)[C@H](C)C[C@H](O)[C@@]2(C)C(=O)[C@H](OC(C)=O)C3=C(C)[C@@H](OC(=O)[C@H](O)C(NC(=O)c4ccccc4)c4ccccc4)C[C@@](O)([C@@H](OC(=O)c4ccccc4)[C@H]12)C3(C)C. The number of hydrogen-bond acceptors (Lipinski definition) is 13. The molecule has 2 saturated carbocycles. The Hall–Kier alpha value is -5.70. The maximum absolute atomic E-state index is 15.6. The minimum atomic E-state index is -2.37. The normalized spacial score (nSPS) is 30.9. The molecule has 14 heteroatoms. The number of esters is 4. The number of nitrogens with one attached hydrogen (secondary N) is 1. The fourth-order valence-corrected chi connectivity index (χ4v) is 10.5. The summed E-state index contributed by atoms with van der Waals surface area (Å²) in [6.07, 6.45) is -9.15. The number of aliphatic hydroxyl groups excluding tert-OH is 2. The third-order valence-corrected chi connectivity index (χ3v) is 14.0. The summed E-state index contributed by atoms with van der Waals surface area (Å²) < 4.78 is 24.8. The predicted octanol–water partition coefficient (Wildman–Crippen LogP) is 5.38. The molecule has 3 aliphatic carbocycles. The lowest BCUT2D eigenvalue weighted by atomic mass is 9.44. The number of amides is 1. The second-order valence-electron chi connectivity index (χ2n) is 17.8. The van der Waals surface area contributed by atoms with Crippen molar-refractivity contribution in [3.63, 3.8) is 0 Å². The van der Waals surface area contributed by atoms with Gasteiger partial charge in [0.1, 0.15) is 23.4 Å². The lowest BCUT2D eigenvalue weighted by Crippen LogP contribution is -2.76. The molecule has 6 rings (SSSR count). The lowest BCUT2D eigenvalue weighted by molar-refractivity contribution is -0.274. The number of fused-ring (bicyclic) bond motifs is 3. The van der Waals surface area contributed by atoms with Gasteiger partial charge in [-0.25, -0.2) is 9.59 Å². The van der Waals surface area contributed by atoms with Gasteiger partial charge in [0.25, 0.3) is 5.91 Å². The molecule has 2 bridgehead atoms. The molecule has 0 aliphatic heterocycles. The van der Waals surface area contributed by atoms with Crippen LogP contribution in [0.25, 0.3) is 0 Å². The summed E-state index contributed by atoms with van der Waals surface area (Å²) in [5, 5.41) is 40.5. The van der Waals surface area contributed by atoms with Crippen LogP contribution in [0.4, 0.5) is 0 Å². The van der Waals surface area contributed by atoms with E-state index in [1.165, 1.54) is 32.9 Å². The molecule has 0 heterocycles. The first kappa shape index (κ1) is 46.8. The monoisotopic (exact) mass is 867 g/mol. The van der Waals surface area contributed by atoms with Gasteiger partial charge in [0, 0.05) is 31.2 Å². The first-order chi connectivity index (χ1) is 29.6. The molecule has 0 saturated heterocycles. The van der Waals surface area contributed by atoms with Gasteiger partial charge in [-0.15, -0.1) is 0 Å². The number of hydrogen-bond donors (Lipinski definition) is 4. The fourth-order valence-electron chi connectivity index (χ4n) is 10.5. The average Bonchev–Trinajstić information content (AvgIpc) is 3.25. The quantitative estimate of drug-likeness (QED) is 0.108. The average molecular weight is 868 g/mol. The Morgan fingerprint density at radius 2 is 1.38 bits per heavy atom. The summed E-state index contributed by atoms with van der Waals surface area (Å²) in [5.41, 5.74) is -6.81. The summed E-state index contributed by atoms with van der Waals surface area (Å²) in [6, 6.07) is 23.1. The molecule has 0 radical (unpaired) electrons. The molecular weight excluding hydrogens is 811 g/mol. The summed E-state index contributed by atoms with van der Waals surface area (Å²) in [6.45, 7) is 11.9. The van der Waals surface area contributed by atoms with Crippen molar-refractivity contribution in [1.82, 2.24) is 5.32 Å². The van der Waals surface area contributed by atoms with E-state index in [-0.39, 0.29) is 35.1 Å². The van der Waals surface area contributed by atoms with Crippen LogP contribution in [-0.4, -0.2) is 92.6 Å². The molecule has 1 amide bonds. The third-order valence-electron chi connectivity index (χ3n) is 14.0. The predicted molar refractivity (Wildman–Crippen MR) is 227 cm³/mol. The van der Waals surface area contributed by atoms with Crippen molar-refractivity contribution >= 4 is 35.6 Å². The largest absolute Gasteiger partial charge is 0.458 e. The van der Waals surface area contributed by atoms with E-state index in [0.29, 0.717) is 5.56 Å². The molecule has 336 valence electrons. The minimum Gasteiger partial charge on any atom is -0.458 e. The topological polar surface area (TPSA) is 212 Å². The highest BCUT2D eigenvalue weighted by atomic mass is 16.6. The highest BCUT2D eigenvalue weighted by Gasteiger charge is 2.75. The summed E-state index contributed by atoms with van der Waals surface area (Å²) in [7, 11) is 0. The van der Waals surface area contributed by atoms with E-state index in [1.54, 1.807) is 107 Å². The van der Waals surface area contributed by atoms with E-state index in [4.69, 9.17) is 18.9 Å². The van der Waals surface area contributed by atoms with Gasteiger partial charge in [0.15, 0.2) is 18.0 Å². The van der Waals surface area contributed by atoms with Crippen molar-refractivity contribution in [2.45, 2.75) is 122 Å². The first-order valence-corrected chi connectivity index (χ1v) is 21.2. The van der Waals surface area contributed by atoms with E-state index in [9.17, 15) is 39.3 Å². The number of carbonyl (C=O) groups is 6. The first-order valence-electron chi connectivity index (χ1n) is 21.2. The van der Waals surface area contributed by atoms with Crippen LogP contribution in [0, 0.1) is 22.7 Å². The minimum absolute atomic E-state index is 0.0153. The van der Waals surface area contributed by atoms with Crippen LogP contribution in [0.3, 0.4) is 0 Å². The Morgan fingerprint density at radius 3 is 1.92 bits per heavy atom. The van der Waals surface area contributed by atoms with E-state index in [0.717, 1.165) is 6.92 Å². The van der Waals surface area contributed by atoms with Gasteiger partial charge < -0.3 is 39.6 Å². The molecular formula is C49H57NO13. The smallest absolute Gasteiger partial charge is 0.338 e. The molecule has 14 nitrogen and oxygen atoms in total. The second kappa shape index (κ2) is 17.8. The summed E-state index contributed by atoms with van der Waals surface area (Å²) in [4.78, 5) is 84.0. The van der Waals surface area contributed by atoms with Crippen LogP contribution in [0.5, 0.6) is 0 Å². The molecule has 3 aromatic carbocycles. The zero-order valence-electron chi connectivity index (χ0n) is 36.8. The van der Waals surface area contributed by atoms with Crippen LogP contribution >= 0.6 is 0 Å². The van der Waals surface area contributed by atoms with Crippen LogP contribution in [0.2, 0.25) is 0 Å². The van der Waals surface area contributed by atoms with Crippen molar-refractivity contribution in [1.29, 1.82) is 0 Å². The van der Waals surface area contributed by atoms with Crippen molar-refractivity contribution in [2.75, 3.05) is 0 Å². The van der Waals surface area contributed by atoms with Gasteiger partial charge in [-0.1, -0.05) is 94.4 Å². The molecule has 1 unspecified atom stereocenters. The number of benzene rings is 3. The number of ketones is 1. The molecule has 2 fully saturated rings. The Bertz CT molecular complexity index is 2260. The molecule has 4 N–H and O–H groups in total. The zero-order valence-corrected chi connectivity index (χ0v) is 36.8. The number of carbonyl (C=O) groups excluding carboxylic acids is 6. The maximum Gasteiger partial charge on any atom is 0.338 e. The van der Waals surface area contributed by atoms with Gasteiger partial charge in [-0.3, -0.25) is 19.2 Å². The maximum atomic E-state index is 15.6. The number of Topliss-reactive ketones (excluding diaryl/α,β-unsaturated/α-hetero) is 1. The number of rotatable bonds is 11. The Labute approximate surface area is 367 Å². The van der Waals surface area contributed by atoms with Crippen molar-refractivity contribution in [3.05, 3.63) is 119 Å². The standard InChI is InChI=1S/C49H57NO13/c1-9-48(63-30(5)52)27(2)25-35(53)47(8)40(48)42(62-44(57)33-23-17-12-18-24-33)49(59)26-34(28(3)36(46(49,6)7)39(41(47)55)60-29(4)51)61-45(58)38(54)37(31-19-13-10-14-20-31)50-43(56)32-21-15-11-16-22-32/h10-24,27,34-35,37-40,42,53-54,59H,9,25-26H2,1-8H3,(H,50,56)/t27-,34+,35+,37?,38-,39-,40+,42+,47-,48+,49-/m1/s1. The van der Waals surface area contributed by atoms with E-state index < -0.39 is 112 Å². The van der Waals surface area contributed by atoms with Gasteiger partial charge >= 0.3 is 23.9 Å². The molecule has 63 heavy (non-hydrogen) atoms. The van der Waals surface area contributed by atoms with Crippen LogP contribution in [0.1, 0.15) is 107 Å². The van der Waals surface area contributed by atoms with Gasteiger partial charge in [0.2, 0.25) is 0 Å². The molecule has 3 aliphatic rings. The van der Waals surface area contributed by atoms with E-state index in [2.05, 4.69) is 5.32 Å². The Balaban J connectivity index is 1.56. The molecule has 0 aromatic heterocycles. The van der Waals surface area contributed by atoms with Gasteiger partial charge in [-0.05, 0) is 73.6 Å². The third kappa shape index (κ3) is 8.20. The molecule has 3 aromatic rings. The van der Waals surface area contributed by atoms with Gasteiger partial charge in [-0.2, -0.15) is 0 Å². The van der Waals surface area contributed by atoms with E-state index >= 15 is 4.79 Å². The highest BCUT2D eigenvalue weighted by Crippen LogP contribution is 2.64. The van der Waals surface area contributed by atoms with E-state index in [1.807, 2.05) is 0 Å². The molecule has 11 atom stereocenters. The molecule has 0 spiro atoms. The lowest BCUT2D eigenvalue weighted by Gasteiger charge is -2.65. The van der Waals surface area contributed by atoms with Crippen LogP contribution < -0.4 is 5.32 Å². The van der Waals surface area contributed by atoms with Crippen LogP contribution in [0.15, 0.2) is 102 Å². The van der Waals surface area contributed by atoms with Crippen molar-refractivity contribution in [2.24, 2.45) is 22.7 Å². The van der Waals surface area contributed by atoms with Crippen molar-refractivity contribution in [3.8, 4) is 0 Å². The second-order valence-corrected chi connectivity index (χ2v) is 17.8. The zero-order chi connectivity index (χ0) is 46.2. The summed E-state index contributed by atoms with van der Waals surface area (Å²) >= 11 is 0.